The average Bonchev–Trinajstić information content (AvgIpc) is 3.00. The zero-order valence-corrected chi connectivity index (χ0v) is 13.7. The van der Waals surface area contributed by atoms with E-state index in [4.69, 9.17) is 4.74 Å². The van der Waals surface area contributed by atoms with E-state index in [1.807, 2.05) is 0 Å². The van der Waals surface area contributed by atoms with Gasteiger partial charge in [0, 0.05) is 19.4 Å². The number of carbonyl (C=O) groups excluding carboxylic acids is 2. The molecule has 0 aliphatic heterocycles. The highest BCUT2D eigenvalue weighted by Crippen LogP contribution is 2.23. The van der Waals surface area contributed by atoms with E-state index < -0.39 is 11.6 Å². The predicted molar refractivity (Wildman–Crippen MR) is 87.5 cm³/mol. The minimum Gasteiger partial charge on any atom is -0.496 e. The van der Waals surface area contributed by atoms with Gasteiger partial charge < -0.3 is 4.74 Å². The number of nitrogens with zero attached hydrogens (tertiary/aromatic N) is 2. The van der Waals surface area contributed by atoms with Gasteiger partial charge in [-0.15, -0.1) is 11.3 Å². The highest BCUT2D eigenvalue weighted by molar-refractivity contribution is 7.14. The molecule has 1 aromatic carbocycles. The molecule has 0 fully saturated rings. The van der Waals surface area contributed by atoms with Gasteiger partial charge in [-0.25, -0.2) is 9.37 Å². The first-order chi connectivity index (χ1) is 10.9. The van der Waals surface area contributed by atoms with E-state index >= 15 is 0 Å². The normalized spacial score (nSPS) is 10.8. The topological polar surface area (TPSA) is 59.5 Å². The fourth-order valence-electron chi connectivity index (χ4n) is 1.80. The molecule has 7 heteroatoms. The third-order valence-electron chi connectivity index (χ3n) is 3.12. The Balaban J connectivity index is 2.21. The molecule has 0 unspecified atom stereocenters. The van der Waals surface area contributed by atoms with E-state index in [0.717, 1.165) is 0 Å². The number of aromatic nitrogens is 1. The van der Waals surface area contributed by atoms with Crippen LogP contribution >= 0.6 is 11.3 Å². The minimum absolute atomic E-state index is 0.123. The first kappa shape index (κ1) is 16.8. The van der Waals surface area contributed by atoms with Gasteiger partial charge in [0.1, 0.15) is 11.6 Å². The molecule has 0 aliphatic rings. The lowest BCUT2D eigenvalue weighted by molar-refractivity contribution is -0.116. The summed E-state index contributed by atoms with van der Waals surface area (Å²) in [5.41, 5.74) is 0.393. The molecule has 1 heterocycles. The molecule has 5 nitrogen and oxygen atoms in total. The Kier molecular flexibility index (Phi) is 5.23. The number of rotatable bonds is 5. The second-order valence-corrected chi connectivity index (χ2v) is 5.48. The molecular formula is C16H15FN2O3S. The molecule has 0 saturated heterocycles. The summed E-state index contributed by atoms with van der Waals surface area (Å²) in [6.07, 6.45) is 2.70. The first-order valence-electron chi connectivity index (χ1n) is 6.68. The highest BCUT2D eigenvalue weighted by atomic mass is 32.1. The van der Waals surface area contributed by atoms with Crippen LogP contribution in [0.1, 0.15) is 23.0 Å². The first-order valence-corrected chi connectivity index (χ1v) is 7.56. The van der Waals surface area contributed by atoms with E-state index in [0.29, 0.717) is 10.8 Å². The van der Waals surface area contributed by atoms with Gasteiger partial charge >= 0.3 is 0 Å². The fourth-order valence-corrected chi connectivity index (χ4v) is 2.60. The third-order valence-corrected chi connectivity index (χ3v) is 4.05. The maximum absolute atomic E-state index is 13.8. The van der Waals surface area contributed by atoms with Crippen molar-refractivity contribution < 1.29 is 18.7 Å². The number of allylic oxidation sites excluding steroid dienone is 1. The fraction of sp³-hybridized carbons (Fsp3) is 0.188. The van der Waals surface area contributed by atoms with E-state index in [-0.39, 0.29) is 17.2 Å². The Morgan fingerprint density at radius 2 is 2.13 bits per heavy atom. The molecule has 0 N–H and O–H groups in total. The Bertz CT molecular complexity index is 770. The second kappa shape index (κ2) is 7.15. The van der Waals surface area contributed by atoms with Crippen LogP contribution in [0.5, 0.6) is 5.75 Å². The number of halogens is 1. The van der Waals surface area contributed by atoms with Gasteiger partial charge in [0.2, 0.25) is 5.91 Å². The Morgan fingerprint density at radius 3 is 2.78 bits per heavy atom. The minimum atomic E-state index is -0.644. The van der Waals surface area contributed by atoms with Crippen molar-refractivity contribution >= 4 is 34.2 Å². The highest BCUT2D eigenvalue weighted by Gasteiger charge is 2.15. The zero-order chi connectivity index (χ0) is 17.0. The number of ether oxygens (including phenoxy) is 1. The van der Waals surface area contributed by atoms with Crippen molar-refractivity contribution in [3.05, 3.63) is 46.7 Å². The summed E-state index contributed by atoms with van der Waals surface area (Å²) in [7, 11) is 2.99. The lowest BCUT2D eigenvalue weighted by atomic mass is 10.1. The van der Waals surface area contributed by atoms with Crippen LogP contribution < -0.4 is 9.64 Å². The van der Waals surface area contributed by atoms with Crippen LogP contribution in [-0.4, -0.2) is 30.8 Å². The van der Waals surface area contributed by atoms with Gasteiger partial charge in [0.25, 0.3) is 0 Å². The molecule has 0 aliphatic carbocycles. The summed E-state index contributed by atoms with van der Waals surface area (Å²) in [5.74, 6) is -1.12. The standard InChI is InChI=1S/C16H15FN2O3S/c1-10(20)19(2)16-18-11(9-23-16)7-8-13(21)15-12(17)5-4-6-14(15)22-3/h4-9H,1-3H3/b8-7+. The molecular weight excluding hydrogens is 319 g/mol. The third kappa shape index (κ3) is 3.81. The SMILES string of the molecule is COc1cccc(F)c1C(=O)/C=C/c1csc(N(C)C(C)=O)n1. The quantitative estimate of drug-likeness (QED) is 0.622. The van der Waals surface area contributed by atoms with Crippen LogP contribution in [0.25, 0.3) is 6.08 Å². The molecule has 1 aromatic heterocycles. The maximum Gasteiger partial charge on any atom is 0.225 e. The Labute approximate surface area is 137 Å². The number of carbonyl (C=O) groups is 2. The summed E-state index contributed by atoms with van der Waals surface area (Å²) >= 11 is 1.28. The van der Waals surface area contributed by atoms with Gasteiger partial charge in [-0.2, -0.15) is 0 Å². The van der Waals surface area contributed by atoms with Crippen molar-refractivity contribution in [1.29, 1.82) is 0 Å². The zero-order valence-electron chi connectivity index (χ0n) is 12.9. The molecule has 2 aromatic rings. The van der Waals surface area contributed by atoms with Gasteiger partial charge in [-0.3, -0.25) is 14.5 Å². The molecule has 0 radical (unpaired) electrons. The number of thiazole rings is 1. The van der Waals surface area contributed by atoms with Gasteiger partial charge in [0.15, 0.2) is 10.9 Å². The Morgan fingerprint density at radius 1 is 1.39 bits per heavy atom. The molecule has 23 heavy (non-hydrogen) atoms. The predicted octanol–water partition coefficient (Wildman–Crippen LogP) is 3.17. The van der Waals surface area contributed by atoms with Crippen molar-refractivity contribution in [2.75, 3.05) is 19.1 Å². The van der Waals surface area contributed by atoms with Crippen LogP contribution in [0.4, 0.5) is 9.52 Å². The van der Waals surface area contributed by atoms with Crippen LogP contribution in [0, 0.1) is 5.82 Å². The summed E-state index contributed by atoms with van der Waals surface area (Å²) in [4.78, 5) is 29.1. The van der Waals surface area contributed by atoms with Gasteiger partial charge in [0.05, 0.1) is 18.4 Å². The molecule has 0 atom stereocenters. The van der Waals surface area contributed by atoms with Crippen LogP contribution in [-0.2, 0) is 4.79 Å². The van der Waals surface area contributed by atoms with Gasteiger partial charge in [-0.1, -0.05) is 6.07 Å². The summed E-state index contributed by atoms with van der Waals surface area (Å²) in [6, 6.07) is 4.19. The monoisotopic (exact) mass is 334 g/mol. The number of anilines is 1. The Hall–Kier alpha value is -2.54. The molecule has 2 rings (SSSR count). The van der Waals surface area contributed by atoms with E-state index in [1.54, 1.807) is 12.4 Å². The molecule has 0 saturated carbocycles. The van der Waals surface area contributed by atoms with Crippen LogP contribution in [0.15, 0.2) is 29.7 Å². The molecule has 0 bridgehead atoms. The van der Waals surface area contributed by atoms with Crippen molar-refractivity contribution in [3.8, 4) is 5.75 Å². The number of benzene rings is 1. The van der Waals surface area contributed by atoms with Crippen molar-refractivity contribution in [3.63, 3.8) is 0 Å². The summed E-state index contributed by atoms with van der Waals surface area (Å²) in [6.45, 7) is 1.44. The van der Waals surface area contributed by atoms with E-state index in [9.17, 15) is 14.0 Å². The summed E-state index contributed by atoms with van der Waals surface area (Å²) < 4.78 is 18.8. The number of hydrogen-bond donors (Lipinski definition) is 0. The summed E-state index contributed by atoms with van der Waals surface area (Å²) in [5, 5.41) is 2.23. The lowest BCUT2D eigenvalue weighted by Crippen LogP contribution is -2.22. The van der Waals surface area contributed by atoms with Crippen molar-refractivity contribution in [2.24, 2.45) is 0 Å². The van der Waals surface area contributed by atoms with E-state index in [2.05, 4.69) is 4.98 Å². The number of amides is 1. The molecule has 1 amide bonds. The largest absolute Gasteiger partial charge is 0.496 e. The average molecular weight is 334 g/mol. The number of methoxy groups -OCH3 is 1. The van der Waals surface area contributed by atoms with E-state index in [1.165, 1.54) is 60.6 Å². The number of ketones is 1. The van der Waals surface area contributed by atoms with Gasteiger partial charge in [-0.05, 0) is 24.3 Å². The number of hydrogen-bond acceptors (Lipinski definition) is 5. The van der Waals surface area contributed by atoms with Crippen LogP contribution in [0.2, 0.25) is 0 Å². The van der Waals surface area contributed by atoms with Crippen LogP contribution in [0.3, 0.4) is 0 Å². The maximum atomic E-state index is 13.8. The molecule has 0 spiro atoms. The van der Waals surface area contributed by atoms with Crippen molar-refractivity contribution in [1.82, 2.24) is 4.98 Å². The smallest absolute Gasteiger partial charge is 0.225 e. The lowest BCUT2D eigenvalue weighted by Gasteiger charge is -2.09. The second-order valence-electron chi connectivity index (χ2n) is 4.65. The molecule has 120 valence electrons. The van der Waals surface area contributed by atoms with Crippen molar-refractivity contribution in [2.45, 2.75) is 6.92 Å².